The smallest absolute Gasteiger partial charge is 0.334 e. The van der Waals surface area contributed by atoms with Crippen LogP contribution in [0.3, 0.4) is 0 Å². The molecule has 0 saturated carbocycles. The number of carbonyl (C=O) groups is 1. The number of rotatable bonds is 19. The number of unbranched alkanes of at least 4 members (excludes halogenated alkanes) is 14. The Kier molecular flexibility index (Phi) is 21.3. The van der Waals surface area contributed by atoms with Crippen LogP contribution in [0.4, 0.5) is 0 Å². The molecular weight excluding hydrogens is 414 g/mol. The summed E-state index contributed by atoms with van der Waals surface area (Å²) in [4.78, 5) is 11.5. The maximum absolute atomic E-state index is 11.5. The summed E-state index contributed by atoms with van der Waals surface area (Å²) in [6.07, 6.45) is 22.7. The molecule has 1 atom stereocenters. The fourth-order valence-electron chi connectivity index (χ4n) is 3.48. The van der Waals surface area contributed by atoms with Gasteiger partial charge in [0.15, 0.2) is 0 Å². The highest BCUT2D eigenvalue weighted by Crippen LogP contribution is 2.17. The molecular formula is C24H48BrNO2. The number of esters is 1. The molecule has 0 aromatic rings. The molecule has 4 heteroatoms. The maximum Gasteiger partial charge on any atom is 0.334 e. The van der Waals surface area contributed by atoms with E-state index in [9.17, 15) is 4.79 Å². The first-order valence-electron chi connectivity index (χ1n) is 11.6. The van der Waals surface area contributed by atoms with Gasteiger partial charge in [0, 0.05) is 12.5 Å². The minimum Gasteiger partial charge on any atom is -1.00 e. The van der Waals surface area contributed by atoms with Gasteiger partial charge in [0.25, 0.3) is 0 Å². The van der Waals surface area contributed by atoms with E-state index < -0.39 is 0 Å². The number of halogens is 1. The van der Waals surface area contributed by atoms with Crippen LogP contribution in [0.15, 0.2) is 12.7 Å². The van der Waals surface area contributed by atoms with Gasteiger partial charge in [0.05, 0.1) is 21.1 Å². The molecule has 1 unspecified atom stereocenters. The summed E-state index contributed by atoms with van der Waals surface area (Å²) in [5.74, 6) is -0.311. The second-order valence-electron chi connectivity index (χ2n) is 8.95. The second-order valence-corrected chi connectivity index (χ2v) is 8.95. The molecule has 0 heterocycles. The van der Waals surface area contributed by atoms with Crippen LogP contribution in [0.25, 0.3) is 0 Å². The third kappa shape index (κ3) is 19.0. The Labute approximate surface area is 186 Å². The average molecular weight is 463 g/mol. The lowest BCUT2D eigenvalue weighted by Crippen LogP contribution is -3.00. The topological polar surface area (TPSA) is 26.3 Å². The summed E-state index contributed by atoms with van der Waals surface area (Å²) in [5.41, 5.74) is 0. The molecule has 0 aliphatic carbocycles. The molecule has 0 aromatic carbocycles. The number of carbonyl (C=O) groups excluding carboxylic acids is 1. The van der Waals surface area contributed by atoms with E-state index in [-0.39, 0.29) is 29.2 Å². The van der Waals surface area contributed by atoms with Crippen molar-refractivity contribution in [2.24, 2.45) is 0 Å². The largest absolute Gasteiger partial charge is 1.00 e. The van der Waals surface area contributed by atoms with E-state index in [0.29, 0.717) is 4.48 Å². The van der Waals surface area contributed by atoms with Gasteiger partial charge >= 0.3 is 5.97 Å². The van der Waals surface area contributed by atoms with Gasteiger partial charge in [-0.25, -0.2) is 4.79 Å². The van der Waals surface area contributed by atoms with Gasteiger partial charge in [-0.1, -0.05) is 103 Å². The van der Waals surface area contributed by atoms with Gasteiger partial charge in [0.2, 0.25) is 6.23 Å². The molecule has 0 aliphatic rings. The molecule has 0 bridgehead atoms. The minimum absolute atomic E-state index is 0. The quantitative estimate of drug-likeness (QED) is 0.0953. The van der Waals surface area contributed by atoms with Crippen molar-refractivity contribution in [3.8, 4) is 0 Å². The van der Waals surface area contributed by atoms with E-state index in [0.717, 1.165) is 12.8 Å². The van der Waals surface area contributed by atoms with Crippen molar-refractivity contribution in [1.82, 2.24) is 0 Å². The molecule has 0 aromatic heterocycles. The molecule has 0 spiro atoms. The summed E-state index contributed by atoms with van der Waals surface area (Å²) in [6.45, 7) is 5.77. The van der Waals surface area contributed by atoms with Crippen LogP contribution in [-0.4, -0.2) is 37.8 Å². The van der Waals surface area contributed by atoms with Crippen molar-refractivity contribution < 1.29 is 31.0 Å². The lowest BCUT2D eigenvalue weighted by molar-refractivity contribution is -0.917. The molecule has 0 rings (SSSR count). The van der Waals surface area contributed by atoms with Crippen LogP contribution in [0.2, 0.25) is 0 Å². The van der Waals surface area contributed by atoms with Gasteiger partial charge in [-0.05, 0) is 6.42 Å². The third-order valence-corrected chi connectivity index (χ3v) is 5.34. The zero-order valence-corrected chi connectivity index (χ0v) is 20.9. The average Bonchev–Trinajstić information content (AvgIpc) is 2.62. The molecule has 168 valence electrons. The van der Waals surface area contributed by atoms with Gasteiger partial charge in [-0.3, -0.25) is 4.48 Å². The van der Waals surface area contributed by atoms with Gasteiger partial charge < -0.3 is 21.7 Å². The highest BCUT2D eigenvalue weighted by atomic mass is 79.9. The van der Waals surface area contributed by atoms with Crippen molar-refractivity contribution in [3.63, 3.8) is 0 Å². The molecule has 0 fully saturated rings. The predicted octanol–water partition coefficient (Wildman–Crippen LogP) is 4.01. The zero-order chi connectivity index (χ0) is 20.4. The minimum atomic E-state index is -0.311. The Hall–Kier alpha value is -0.350. The predicted molar refractivity (Wildman–Crippen MR) is 118 cm³/mol. The lowest BCUT2D eigenvalue weighted by Gasteiger charge is -2.32. The van der Waals surface area contributed by atoms with Crippen molar-refractivity contribution in [1.29, 1.82) is 0 Å². The van der Waals surface area contributed by atoms with Crippen LogP contribution in [0.5, 0.6) is 0 Å². The molecule has 3 nitrogen and oxygen atoms in total. The molecule has 0 saturated heterocycles. The number of hydrogen-bond donors (Lipinski definition) is 0. The second kappa shape index (κ2) is 19.9. The summed E-state index contributed by atoms with van der Waals surface area (Å²) >= 11 is 0. The van der Waals surface area contributed by atoms with Crippen LogP contribution in [-0.2, 0) is 9.53 Å². The van der Waals surface area contributed by atoms with E-state index in [1.807, 2.05) is 0 Å². The van der Waals surface area contributed by atoms with Crippen LogP contribution in [0, 0.1) is 0 Å². The number of nitrogens with zero attached hydrogens (tertiary/aromatic N) is 1. The monoisotopic (exact) mass is 461 g/mol. The maximum atomic E-state index is 11.5. The van der Waals surface area contributed by atoms with Crippen molar-refractivity contribution in [2.45, 2.75) is 116 Å². The highest BCUT2D eigenvalue weighted by Gasteiger charge is 2.26. The van der Waals surface area contributed by atoms with Gasteiger partial charge in [0.1, 0.15) is 0 Å². The van der Waals surface area contributed by atoms with Crippen LogP contribution >= 0.6 is 0 Å². The summed E-state index contributed by atoms with van der Waals surface area (Å²) < 4.78 is 6.15. The Morgan fingerprint density at radius 3 is 1.46 bits per heavy atom. The first-order valence-corrected chi connectivity index (χ1v) is 11.6. The molecule has 0 radical (unpaired) electrons. The Morgan fingerprint density at radius 1 is 0.786 bits per heavy atom. The van der Waals surface area contributed by atoms with Gasteiger partial charge in [-0.15, -0.1) is 0 Å². The first kappa shape index (κ1) is 29.8. The van der Waals surface area contributed by atoms with Crippen molar-refractivity contribution >= 4 is 5.97 Å². The molecule has 0 amide bonds. The van der Waals surface area contributed by atoms with Crippen LogP contribution < -0.4 is 17.0 Å². The molecule has 0 N–H and O–H groups in total. The zero-order valence-electron chi connectivity index (χ0n) is 19.3. The van der Waals surface area contributed by atoms with E-state index in [1.54, 1.807) is 0 Å². The fourth-order valence-corrected chi connectivity index (χ4v) is 3.48. The summed E-state index contributed by atoms with van der Waals surface area (Å²) in [6, 6.07) is 0. The number of hydrogen-bond acceptors (Lipinski definition) is 2. The third-order valence-electron chi connectivity index (χ3n) is 5.34. The van der Waals surface area contributed by atoms with Crippen molar-refractivity contribution in [2.75, 3.05) is 21.1 Å². The molecule has 28 heavy (non-hydrogen) atoms. The van der Waals surface area contributed by atoms with E-state index in [2.05, 4.69) is 34.6 Å². The number of ether oxygens (including phenoxy) is 1. The fraction of sp³-hybridized carbons (Fsp3) is 0.875. The van der Waals surface area contributed by atoms with Crippen molar-refractivity contribution in [3.05, 3.63) is 12.7 Å². The van der Waals surface area contributed by atoms with Gasteiger partial charge in [-0.2, -0.15) is 0 Å². The lowest BCUT2D eigenvalue weighted by atomic mass is 10.0. The van der Waals surface area contributed by atoms with E-state index in [1.165, 1.54) is 96.0 Å². The highest BCUT2D eigenvalue weighted by molar-refractivity contribution is 5.81. The Morgan fingerprint density at radius 2 is 1.14 bits per heavy atom. The Balaban J connectivity index is 0. The molecule has 0 aliphatic heterocycles. The SMILES string of the molecule is C=CC(=O)OC(CCCCCCCCCCCCCCCCC)[N+](C)(C)C.[Br-]. The number of quaternary nitrogens is 1. The van der Waals surface area contributed by atoms with E-state index >= 15 is 0 Å². The Bertz CT molecular complexity index is 366. The normalized spacial score (nSPS) is 12.3. The van der Waals surface area contributed by atoms with E-state index in [4.69, 9.17) is 4.74 Å². The summed E-state index contributed by atoms with van der Waals surface area (Å²) in [5, 5.41) is 0. The standard InChI is InChI=1S/C24H48NO2.BrH/c1-6-8-9-10-11-12-13-14-15-16-17-18-19-20-21-22-23(25(3,4)5)27-24(26)7-2;/h7,23H,2,6,8-22H2,1,3-5H3;1H/q+1;/p-1. The van der Waals surface area contributed by atoms with Crippen LogP contribution in [0.1, 0.15) is 110 Å². The first-order chi connectivity index (χ1) is 12.9. The summed E-state index contributed by atoms with van der Waals surface area (Å²) in [7, 11) is 6.23.